The topological polar surface area (TPSA) is 135 Å². The summed E-state index contributed by atoms with van der Waals surface area (Å²) >= 11 is 5.05. The largest absolute Gasteiger partial charge is 0.492 e. The molecule has 2 aromatic carbocycles. The zero-order valence-electron chi connectivity index (χ0n) is 28.3. The van der Waals surface area contributed by atoms with Crippen molar-refractivity contribution >= 4 is 28.2 Å². The molecule has 1 aromatic heterocycles. The first kappa shape index (κ1) is 39.7. The fraction of sp³-hybridized carbons (Fsp3) is 0.559. The third kappa shape index (κ3) is 14.4. The van der Waals surface area contributed by atoms with Gasteiger partial charge in [0.05, 0.1) is 66.1 Å². The minimum Gasteiger partial charge on any atom is -0.492 e. The summed E-state index contributed by atoms with van der Waals surface area (Å²) in [6.07, 6.45) is -0.505. The van der Waals surface area contributed by atoms with Crippen LogP contribution in [0.2, 0.25) is 0 Å². The lowest BCUT2D eigenvalue weighted by Gasteiger charge is -2.24. The Hall–Kier alpha value is -2.73. The molecule has 1 atom stereocenters. The molecule has 0 saturated carbocycles. The van der Waals surface area contributed by atoms with Crippen LogP contribution in [0.3, 0.4) is 0 Å². The van der Waals surface area contributed by atoms with Gasteiger partial charge in [0.2, 0.25) is 0 Å². The van der Waals surface area contributed by atoms with Gasteiger partial charge in [0.25, 0.3) is 0 Å². The molecule has 48 heavy (non-hydrogen) atoms. The van der Waals surface area contributed by atoms with Crippen LogP contribution < -0.4 is 15.5 Å². The molecule has 3 rings (SSSR count). The van der Waals surface area contributed by atoms with Crippen molar-refractivity contribution in [3.05, 3.63) is 65.4 Å². The highest BCUT2D eigenvalue weighted by Gasteiger charge is 2.24. The number of nitrogens with zero attached hydrogens (tertiary/aromatic N) is 1. The summed E-state index contributed by atoms with van der Waals surface area (Å²) in [7, 11) is 4.95. The maximum Gasteiger partial charge on any atom is 0.167 e. The third-order valence-corrected chi connectivity index (χ3v) is 7.54. The van der Waals surface area contributed by atoms with Crippen molar-refractivity contribution in [3.8, 4) is 5.75 Å². The van der Waals surface area contributed by atoms with Crippen molar-refractivity contribution in [2.75, 3.05) is 114 Å². The van der Waals surface area contributed by atoms with E-state index in [1.165, 1.54) is 0 Å². The van der Waals surface area contributed by atoms with E-state index in [0.717, 1.165) is 16.5 Å². The van der Waals surface area contributed by atoms with Gasteiger partial charge in [0, 0.05) is 64.0 Å². The zero-order chi connectivity index (χ0) is 34.2. The number of benzene rings is 2. The first-order valence-corrected chi connectivity index (χ1v) is 16.5. The molecule has 1 unspecified atom stereocenters. The lowest BCUT2D eigenvalue weighted by molar-refractivity contribution is 0.00808. The molecule has 268 valence electrons. The molecule has 0 bridgehead atoms. The maximum absolute atomic E-state index is 9.01. The molecule has 14 heteroatoms. The van der Waals surface area contributed by atoms with Crippen LogP contribution >= 0.6 is 12.2 Å². The van der Waals surface area contributed by atoms with Gasteiger partial charge in [-0.15, -0.1) is 0 Å². The molecular formula is C34H51N3O10S. The lowest BCUT2D eigenvalue weighted by atomic mass is 10.1. The van der Waals surface area contributed by atoms with Crippen LogP contribution in [-0.2, 0) is 39.7 Å². The lowest BCUT2D eigenvalue weighted by Crippen LogP contribution is -2.33. The summed E-state index contributed by atoms with van der Waals surface area (Å²) in [5.41, 5.74) is 4.49. The number of hydroxylamine groups is 1. The van der Waals surface area contributed by atoms with Crippen LogP contribution in [0.5, 0.6) is 5.75 Å². The summed E-state index contributed by atoms with van der Waals surface area (Å²) in [5.74, 6) is 1.39. The van der Waals surface area contributed by atoms with E-state index in [4.69, 9.17) is 59.7 Å². The molecule has 3 aromatic rings. The molecule has 3 N–H and O–H groups in total. The fourth-order valence-corrected chi connectivity index (χ4v) is 4.85. The summed E-state index contributed by atoms with van der Waals surface area (Å²) in [4.78, 5) is 2.54. The van der Waals surface area contributed by atoms with Crippen molar-refractivity contribution in [2.24, 2.45) is 0 Å². The van der Waals surface area contributed by atoms with Crippen molar-refractivity contribution in [1.29, 1.82) is 0 Å². The van der Waals surface area contributed by atoms with Crippen LogP contribution in [0.4, 0.5) is 0 Å². The number of furan rings is 1. The number of ether oxygens (including phenoxy) is 8. The standard InChI is InChI=1S/C34H51N3O10S/c1-39-18-20-44-24-22-42-16-13-37(14-17-43-23-25-45-21-19-40-2)26-30-29-6-4-5-7-31(29)47-32(30)33(41-3)35-12-15-46-28-10-8-27(9-11-28)34(48)36-38/h4-11,33,35,38H,12-26H2,1-3H3,(H,36,48). The molecule has 0 amide bonds. The molecule has 0 aliphatic rings. The van der Waals surface area contributed by atoms with Gasteiger partial charge < -0.3 is 42.3 Å². The van der Waals surface area contributed by atoms with Crippen molar-refractivity contribution < 1.29 is 47.5 Å². The summed E-state index contributed by atoms with van der Waals surface area (Å²) < 4.78 is 51.0. The van der Waals surface area contributed by atoms with E-state index >= 15 is 0 Å². The molecule has 0 aliphatic heterocycles. The Morgan fingerprint density at radius 2 is 1.35 bits per heavy atom. The molecule has 0 aliphatic carbocycles. The number of para-hydroxylation sites is 1. The van der Waals surface area contributed by atoms with Gasteiger partial charge in [0.15, 0.2) is 12.0 Å². The molecule has 1 heterocycles. The molecule has 0 radical (unpaired) electrons. The second-order valence-corrected chi connectivity index (χ2v) is 10.9. The zero-order valence-corrected chi connectivity index (χ0v) is 29.1. The Balaban J connectivity index is 1.62. The Labute approximate surface area is 288 Å². The van der Waals surface area contributed by atoms with Gasteiger partial charge in [0.1, 0.15) is 22.9 Å². The fourth-order valence-electron chi connectivity index (χ4n) is 4.71. The third-order valence-electron chi connectivity index (χ3n) is 7.21. The van der Waals surface area contributed by atoms with Crippen molar-refractivity contribution in [3.63, 3.8) is 0 Å². The highest BCUT2D eigenvalue weighted by atomic mass is 32.1. The average molecular weight is 694 g/mol. The number of hydrogen-bond donors (Lipinski definition) is 3. The molecule has 0 spiro atoms. The minimum absolute atomic E-state index is 0.248. The first-order chi connectivity index (χ1) is 23.6. The Morgan fingerprint density at radius 3 is 1.94 bits per heavy atom. The van der Waals surface area contributed by atoms with E-state index in [1.54, 1.807) is 45.6 Å². The summed E-state index contributed by atoms with van der Waals surface area (Å²) in [5, 5.41) is 13.4. The van der Waals surface area contributed by atoms with E-state index in [2.05, 4.69) is 16.3 Å². The highest BCUT2D eigenvalue weighted by Crippen LogP contribution is 2.31. The Bertz CT molecular complexity index is 1260. The predicted octanol–water partition coefficient (Wildman–Crippen LogP) is 3.56. The van der Waals surface area contributed by atoms with Gasteiger partial charge in [-0.3, -0.25) is 20.9 Å². The monoisotopic (exact) mass is 693 g/mol. The predicted molar refractivity (Wildman–Crippen MR) is 185 cm³/mol. The van der Waals surface area contributed by atoms with Gasteiger partial charge in [-0.1, -0.05) is 30.4 Å². The number of rotatable bonds is 28. The van der Waals surface area contributed by atoms with Crippen molar-refractivity contribution in [2.45, 2.75) is 12.8 Å². The van der Waals surface area contributed by atoms with Gasteiger partial charge in [-0.05, 0) is 30.3 Å². The Kier molecular flexibility index (Phi) is 20.2. The quantitative estimate of drug-likeness (QED) is 0.0443. The van der Waals surface area contributed by atoms with E-state index in [-0.39, 0.29) is 4.99 Å². The van der Waals surface area contributed by atoms with Crippen LogP contribution in [0, 0.1) is 0 Å². The van der Waals surface area contributed by atoms with E-state index < -0.39 is 6.23 Å². The van der Waals surface area contributed by atoms with E-state index in [0.29, 0.717) is 116 Å². The van der Waals surface area contributed by atoms with E-state index in [9.17, 15) is 0 Å². The number of methoxy groups -OCH3 is 3. The van der Waals surface area contributed by atoms with Crippen molar-refractivity contribution in [1.82, 2.24) is 15.7 Å². The number of fused-ring (bicyclic) bond motifs is 1. The SMILES string of the molecule is COCCOCCOCCN(CCOCCOCCOC)Cc1c(C(NCCOc2ccc(C(=S)NO)cc2)OC)oc2ccccc12. The van der Waals surface area contributed by atoms with Gasteiger partial charge >= 0.3 is 0 Å². The van der Waals surface area contributed by atoms with Crippen LogP contribution in [0.1, 0.15) is 23.1 Å². The number of nitrogens with one attached hydrogen (secondary N) is 2. The molecule has 13 nitrogen and oxygen atoms in total. The summed E-state index contributed by atoms with van der Waals surface area (Å²) in [6, 6.07) is 15.2. The smallest absolute Gasteiger partial charge is 0.167 e. The molecule has 0 saturated heterocycles. The summed E-state index contributed by atoms with van der Waals surface area (Å²) in [6.45, 7) is 8.15. The highest BCUT2D eigenvalue weighted by molar-refractivity contribution is 7.80. The minimum atomic E-state index is -0.505. The normalized spacial score (nSPS) is 12.2. The first-order valence-electron chi connectivity index (χ1n) is 16.1. The van der Waals surface area contributed by atoms with Gasteiger partial charge in [-0.2, -0.15) is 0 Å². The second-order valence-electron chi connectivity index (χ2n) is 10.5. The number of hydrogen-bond acceptors (Lipinski definition) is 13. The van der Waals surface area contributed by atoms with Gasteiger partial charge in [-0.25, -0.2) is 0 Å². The molecule has 0 fully saturated rings. The van der Waals surface area contributed by atoms with Crippen LogP contribution in [0.15, 0.2) is 52.9 Å². The average Bonchev–Trinajstić information content (AvgIpc) is 3.48. The Morgan fingerprint density at radius 1 is 0.771 bits per heavy atom. The van der Waals surface area contributed by atoms with Crippen LogP contribution in [-0.4, -0.2) is 129 Å². The number of thiocarbonyl (C=S) groups is 1. The molecular weight excluding hydrogens is 642 g/mol. The van der Waals surface area contributed by atoms with E-state index in [1.807, 2.05) is 23.7 Å². The van der Waals surface area contributed by atoms with Crippen LogP contribution in [0.25, 0.3) is 11.0 Å². The maximum atomic E-state index is 9.01. The second kappa shape index (κ2) is 24.4.